The van der Waals surface area contributed by atoms with Crippen LogP contribution in [-0.4, -0.2) is 52.1 Å². The predicted molar refractivity (Wildman–Crippen MR) is 94.4 cm³/mol. The van der Waals surface area contributed by atoms with E-state index in [1.807, 2.05) is 0 Å². The fourth-order valence-electron chi connectivity index (χ4n) is 3.54. The van der Waals surface area contributed by atoms with Crippen LogP contribution in [0.1, 0.15) is 41.2 Å². The molecule has 2 aromatic heterocycles. The number of nitrogens with zero attached hydrogens (tertiary/aromatic N) is 5. The van der Waals surface area contributed by atoms with Crippen LogP contribution in [0.15, 0.2) is 18.3 Å². The molecule has 4 heterocycles. The lowest BCUT2D eigenvalue weighted by atomic mass is 10.00. The SMILES string of the molecule is O=C(NCC1CN(c2ccc(C3CC3)nn2)C1)c1cnn2c1OCCC2. The van der Waals surface area contributed by atoms with E-state index in [1.165, 1.54) is 12.8 Å². The second kappa shape index (κ2) is 6.26. The molecule has 0 radical (unpaired) electrons. The van der Waals surface area contributed by atoms with Crippen molar-refractivity contribution in [3.8, 4) is 5.88 Å². The van der Waals surface area contributed by atoms with Crippen molar-refractivity contribution >= 4 is 11.7 Å². The Morgan fingerprint density at radius 2 is 2.15 bits per heavy atom. The van der Waals surface area contributed by atoms with Gasteiger partial charge in [-0.1, -0.05) is 0 Å². The third-order valence-electron chi connectivity index (χ3n) is 5.29. The highest BCUT2D eigenvalue weighted by molar-refractivity contribution is 5.96. The molecule has 8 heteroatoms. The van der Waals surface area contributed by atoms with E-state index in [1.54, 1.807) is 10.9 Å². The Labute approximate surface area is 151 Å². The van der Waals surface area contributed by atoms with Crippen LogP contribution in [0.4, 0.5) is 5.82 Å². The molecule has 0 spiro atoms. The molecule has 136 valence electrons. The molecule has 3 aliphatic rings. The number of carbonyl (C=O) groups is 1. The zero-order chi connectivity index (χ0) is 17.5. The lowest BCUT2D eigenvalue weighted by molar-refractivity contribution is 0.0938. The van der Waals surface area contributed by atoms with Gasteiger partial charge in [-0.3, -0.25) is 4.79 Å². The fourth-order valence-corrected chi connectivity index (χ4v) is 3.54. The highest BCUT2D eigenvalue weighted by atomic mass is 16.5. The third-order valence-corrected chi connectivity index (χ3v) is 5.29. The summed E-state index contributed by atoms with van der Waals surface area (Å²) in [5.41, 5.74) is 1.65. The number of ether oxygens (including phenoxy) is 1. The number of hydrogen-bond donors (Lipinski definition) is 1. The molecule has 1 amide bonds. The summed E-state index contributed by atoms with van der Waals surface area (Å²) in [5, 5.41) is 15.9. The number of rotatable bonds is 5. The van der Waals surface area contributed by atoms with Crippen LogP contribution in [0.2, 0.25) is 0 Å². The van der Waals surface area contributed by atoms with Crippen molar-refractivity contribution in [2.75, 3.05) is 31.1 Å². The first-order valence-corrected chi connectivity index (χ1v) is 9.33. The monoisotopic (exact) mass is 354 g/mol. The first kappa shape index (κ1) is 15.6. The smallest absolute Gasteiger partial charge is 0.258 e. The average molecular weight is 354 g/mol. The Bertz CT molecular complexity index is 808. The molecule has 26 heavy (non-hydrogen) atoms. The van der Waals surface area contributed by atoms with E-state index in [2.05, 4.69) is 37.6 Å². The van der Waals surface area contributed by atoms with E-state index < -0.39 is 0 Å². The Morgan fingerprint density at radius 1 is 1.27 bits per heavy atom. The summed E-state index contributed by atoms with van der Waals surface area (Å²) in [6.07, 6.45) is 5.01. The Balaban J connectivity index is 1.12. The number of carbonyl (C=O) groups excluding carboxylic acids is 1. The van der Waals surface area contributed by atoms with Crippen molar-refractivity contribution < 1.29 is 9.53 Å². The Hall–Kier alpha value is -2.64. The van der Waals surface area contributed by atoms with Gasteiger partial charge < -0.3 is 15.0 Å². The molecule has 0 atom stereocenters. The van der Waals surface area contributed by atoms with Gasteiger partial charge in [0.05, 0.1) is 18.5 Å². The van der Waals surface area contributed by atoms with Crippen LogP contribution in [0, 0.1) is 5.92 Å². The van der Waals surface area contributed by atoms with Gasteiger partial charge in [0.2, 0.25) is 5.88 Å². The van der Waals surface area contributed by atoms with Crippen molar-refractivity contribution in [1.82, 2.24) is 25.3 Å². The standard InChI is InChI=1S/C18H22N6O2/c25-17(14-9-20-24-6-1-7-26-18(14)24)19-8-12-10-23(11-12)16-5-4-15(21-22-16)13-2-3-13/h4-5,9,12-13H,1-3,6-8,10-11H2,(H,19,25). The summed E-state index contributed by atoms with van der Waals surface area (Å²) in [7, 11) is 0. The molecular formula is C18H22N6O2. The minimum Gasteiger partial charge on any atom is -0.477 e. The van der Waals surface area contributed by atoms with Crippen molar-refractivity contribution in [2.45, 2.75) is 31.7 Å². The minimum atomic E-state index is -0.111. The van der Waals surface area contributed by atoms with Crippen LogP contribution in [0.25, 0.3) is 0 Å². The number of amides is 1. The normalized spacial score (nSPS) is 19.5. The molecule has 2 aromatic rings. The first-order valence-electron chi connectivity index (χ1n) is 9.33. The molecule has 2 aliphatic heterocycles. The van der Waals surface area contributed by atoms with Gasteiger partial charge in [-0.25, -0.2) is 4.68 Å². The van der Waals surface area contributed by atoms with Crippen molar-refractivity contribution in [3.05, 3.63) is 29.6 Å². The van der Waals surface area contributed by atoms with Gasteiger partial charge in [-0.2, -0.15) is 10.2 Å². The topological polar surface area (TPSA) is 85.2 Å². The van der Waals surface area contributed by atoms with Crippen LogP contribution in [0.5, 0.6) is 5.88 Å². The zero-order valence-corrected chi connectivity index (χ0v) is 14.6. The second-order valence-corrected chi connectivity index (χ2v) is 7.36. The number of anilines is 1. The number of nitrogens with one attached hydrogen (secondary N) is 1. The van der Waals surface area contributed by atoms with E-state index >= 15 is 0 Å². The maximum atomic E-state index is 12.4. The predicted octanol–water partition coefficient (Wildman–Crippen LogP) is 1.20. The Kier molecular flexibility index (Phi) is 3.76. The van der Waals surface area contributed by atoms with Crippen molar-refractivity contribution in [1.29, 1.82) is 0 Å². The maximum Gasteiger partial charge on any atom is 0.258 e. The second-order valence-electron chi connectivity index (χ2n) is 7.36. The molecular weight excluding hydrogens is 332 g/mol. The molecule has 0 bridgehead atoms. The van der Waals surface area contributed by atoms with E-state index in [9.17, 15) is 4.79 Å². The number of aromatic nitrogens is 4. The number of hydrogen-bond acceptors (Lipinski definition) is 6. The van der Waals surface area contributed by atoms with Gasteiger partial charge in [0.1, 0.15) is 5.56 Å². The highest BCUT2D eigenvalue weighted by Crippen LogP contribution is 2.39. The lowest BCUT2D eigenvalue weighted by Gasteiger charge is -2.39. The molecule has 0 unspecified atom stereocenters. The summed E-state index contributed by atoms with van der Waals surface area (Å²) in [6, 6.07) is 4.16. The molecule has 2 fully saturated rings. The maximum absolute atomic E-state index is 12.4. The third kappa shape index (κ3) is 2.89. The molecule has 1 saturated heterocycles. The zero-order valence-electron chi connectivity index (χ0n) is 14.6. The number of aryl methyl sites for hydroxylation is 1. The Morgan fingerprint density at radius 3 is 2.92 bits per heavy atom. The van der Waals surface area contributed by atoms with Crippen molar-refractivity contribution in [2.24, 2.45) is 5.92 Å². The van der Waals surface area contributed by atoms with E-state index in [-0.39, 0.29) is 5.91 Å². The van der Waals surface area contributed by atoms with Gasteiger partial charge >= 0.3 is 0 Å². The van der Waals surface area contributed by atoms with E-state index in [4.69, 9.17) is 4.74 Å². The molecule has 5 rings (SSSR count). The summed E-state index contributed by atoms with van der Waals surface area (Å²) in [4.78, 5) is 14.6. The van der Waals surface area contributed by atoms with Gasteiger partial charge in [0.25, 0.3) is 5.91 Å². The average Bonchev–Trinajstić information content (AvgIpc) is 3.39. The van der Waals surface area contributed by atoms with Crippen LogP contribution in [-0.2, 0) is 6.54 Å². The van der Waals surface area contributed by atoms with Crippen molar-refractivity contribution in [3.63, 3.8) is 0 Å². The van der Waals surface area contributed by atoms with Crippen LogP contribution >= 0.6 is 0 Å². The van der Waals surface area contributed by atoms with E-state index in [0.717, 1.165) is 37.6 Å². The van der Waals surface area contributed by atoms with Gasteiger partial charge in [-0.15, -0.1) is 5.10 Å². The number of fused-ring (bicyclic) bond motifs is 1. The minimum absolute atomic E-state index is 0.111. The first-order chi connectivity index (χ1) is 12.8. The highest BCUT2D eigenvalue weighted by Gasteiger charge is 2.30. The van der Waals surface area contributed by atoms with Gasteiger partial charge in [0.15, 0.2) is 5.82 Å². The summed E-state index contributed by atoms with van der Waals surface area (Å²) in [6.45, 7) is 3.87. The van der Waals surface area contributed by atoms with E-state index in [0.29, 0.717) is 36.4 Å². The molecule has 8 nitrogen and oxygen atoms in total. The molecule has 0 aromatic carbocycles. The fraction of sp³-hybridized carbons (Fsp3) is 0.556. The quantitative estimate of drug-likeness (QED) is 0.868. The molecule has 1 N–H and O–H groups in total. The summed E-state index contributed by atoms with van der Waals surface area (Å²) < 4.78 is 7.34. The van der Waals surface area contributed by atoms with Gasteiger partial charge in [0, 0.05) is 44.4 Å². The molecule has 1 saturated carbocycles. The van der Waals surface area contributed by atoms with Gasteiger partial charge in [-0.05, 0) is 25.0 Å². The van der Waals surface area contributed by atoms with Crippen LogP contribution in [0.3, 0.4) is 0 Å². The lowest BCUT2D eigenvalue weighted by Crippen LogP contribution is -2.52. The van der Waals surface area contributed by atoms with Crippen LogP contribution < -0.4 is 15.0 Å². The summed E-state index contributed by atoms with van der Waals surface area (Å²) in [5.74, 6) is 2.47. The largest absolute Gasteiger partial charge is 0.477 e. The summed E-state index contributed by atoms with van der Waals surface area (Å²) >= 11 is 0. The molecule has 1 aliphatic carbocycles.